The van der Waals surface area contributed by atoms with Crippen molar-refractivity contribution in [3.05, 3.63) is 71.3 Å². The van der Waals surface area contributed by atoms with Crippen LogP contribution in [0.1, 0.15) is 62.6 Å². The number of carbonyl (C=O) groups is 2. The number of benzene rings is 2. The molecule has 5 heteroatoms. The van der Waals surface area contributed by atoms with Crippen molar-refractivity contribution in [3.8, 4) is 0 Å². The van der Waals surface area contributed by atoms with Gasteiger partial charge in [-0.15, -0.1) is 0 Å². The number of rotatable bonds is 10. The fourth-order valence-electron chi connectivity index (χ4n) is 5.96. The van der Waals surface area contributed by atoms with Crippen LogP contribution in [0.2, 0.25) is 0 Å². The predicted octanol–water partition coefficient (Wildman–Crippen LogP) is 4.55. The number of ketones is 1. The fraction of sp³-hybridized carbons (Fsp3) is 0.548. The summed E-state index contributed by atoms with van der Waals surface area (Å²) in [4.78, 5) is 31.8. The molecule has 2 aromatic carbocycles. The quantitative estimate of drug-likeness (QED) is 0.532. The second-order valence-corrected chi connectivity index (χ2v) is 11.3. The lowest BCUT2D eigenvalue weighted by Gasteiger charge is -2.33. The van der Waals surface area contributed by atoms with Gasteiger partial charge < -0.3 is 10.6 Å². The molecule has 2 heterocycles. The van der Waals surface area contributed by atoms with Gasteiger partial charge in [-0.3, -0.25) is 14.5 Å². The van der Waals surface area contributed by atoms with E-state index in [0.29, 0.717) is 37.8 Å². The van der Waals surface area contributed by atoms with Crippen LogP contribution < -0.4 is 5.73 Å². The lowest BCUT2D eigenvalue weighted by atomic mass is 9.94. The van der Waals surface area contributed by atoms with E-state index in [-0.39, 0.29) is 29.8 Å². The van der Waals surface area contributed by atoms with Crippen molar-refractivity contribution in [3.63, 3.8) is 0 Å². The molecule has 2 aromatic rings. The molecule has 0 saturated carbocycles. The van der Waals surface area contributed by atoms with Gasteiger partial charge in [-0.25, -0.2) is 0 Å². The van der Waals surface area contributed by atoms with Crippen molar-refractivity contribution in [1.29, 1.82) is 0 Å². The first kappa shape index (κ1) is 26.6. The van der Waals surface area contributed by atoms with Crippen molar-refractivity contribution in [2.24, 2.45) is 11.7 Å². The second kappa shape index (κ2) is 12.2. The lowest BCUT2D eigenvalue weighted by Crippen LogP contribution is -2.51. The van der Waals surface area contributed by atoms with Gasteiger partial charge in [0.2, 0.25) is 5.91 Å². The summed E-state index contributed by atoms with van der Waals surface area (Å²) < 4.78 is 0. The zero-order valence-electron chi connectivity index (χ0n) is 22.2. The summed E-state index contributed by atoms with van der Waals surface area (Å²) in [5.74, 6) is 0.638. The summed E-state index contributed by atoms with van der Waals surface area (Å²) in [6.07, 6.45) is 5.47. The molecule has 2 aliphatic heterocycles. The highest BCUT2D eigenvalue weighted by Crippen LogP contribution is 2.31. The Labute approximate surface area is 217 Å². The van der Waals surface area contributed by atoms with E-state index in [1.807, 2.05) is 11.0 Å². The Balaban J connectivity index is 1.49. The van der Waals surface area contributed by atoms with E-state index in [0.717, 1.165) is 32.2 Å². The Bertz CT molecular complexity index is 1000. The van der Waals surface area contributed by atoms with Gasteiger partial charge in [0.05, 0.1) is 12.1 Å². The molecule has 2 saturated heterocycles. The Kier molecular flexibility index (Phi) is 8.97. The highest BCUT2D eigenvalue weighted by molar-refractivity contribution is 5.91. The van der Waals surface area contributed by atoms with Crippen LogP contribution in [0.15, 0.2) is 54.6 Å². The van der Waals surface area contributed by atoms with E-state index in [4.69, 9.17) is 5.73 Å². The Hall–Kier alpha value is -2.50. The molecule has 1 unspecified atom stereocenters. The van der Waals surface area contributed by atoms with Gasteiger partial charge in [0.25, 0.3) is 0 Å². The number of nitrogens with zero attached hydrogens (tertiary/aromatic N) is 2. The number of carbonyl (C=O) groups excluding carboxylic acids is 2. The topological polar surface area (TPSA) is 66.6 Å². The second-order valence-electron chi connectivity index (χ2n) is 11.3. The number of aryl methyl sites for hydroxylation is 3. The van der Waals surface area contributed by atoms with E-state index in [1.54, 1.807) is 0 Å². The van der Waals surface area contributed by atoms with E-state index < -0.39 is 0 Å². The first-order valence-electron chi connectivity index (χ1n) is 13.8. The Morgan fingerprint density at radius 1 is 1.03 bits per heavy atom. The lowest BCUT2D eigenvalue weighted by molar-refractivity contribution is -0.142. The molecule has 2 fully saturated rings. The fourth-order valence-corrected chi connectivity index (χ4v) is 5.96. The van der Waals surface area contributed by atoms with Gasteiger partial charge in [0.1, 0.15) is 0 Å². The van der Waals surface area contributed by atoms with Gasteiger partial charge in [-0.2, -0.15) is 0 Å². The summed E-state index contributed by atoms with van der Waals surface area (Å²) in [6, 6.07) is 18.7. The van der Waals surface area contributed by atoms with E-state index >= 15 is 0 Å². The molecule has 0 bridgehead atoms. The molecule has 0 spiro atoms. The third kappa shape index (κ3) is 6.63. The molecule has 36 heavy (non-hydrogen) atoms. The zero-order chi connectivity index (χ0) is 25.7. The summed E-state index contributed by atoms with van der Waals surface area (Å²) in [5, 5.41) is 0. The Morgan fingerprint density at radius 3 is 2.42 bits per heavy atom. The van der Waals surface area contributed by atoms with Crippen LogP contribution >= 0.6 is 0 Å². The number of fused-ring (bicyclic) bond motifs is 1. The molecule has 0 aromatic heterocycles. The summed E-state index contributed by atoms with van der Waals surface area (Å²) in [7, 11) is 0. The van der Waals surface area contributed by atoms with E-state index in [9.17, 15) is 9.59 Å². The van der Waals surface area contributed by atoms with Gasteiger partial charge in [-0.05, 0) is 62.5 Å². The monoisotopic (exact) mass is 489 g/mol. The minimum Gasteiger partial charge on any atom is -0.331 e. The van der Waals surface area contributed by atoms with Gasteiger partial charge in [-0.1, -0.05) is 74.0 Å². The molecule has 2 aliphatic rings. The van der Waals surface area contributed by atoms with Crippen LogP contribution in [-0.2, 0) is 22.4 Å². The molecular weight excluding hydrogens is 446 g/mol. The highest BCUT2D eigenvalue weighted by atomic mass is 16.2. The van der Waals surface area contributed by atoms with E-state index in [1.165, 1.54) is 16.7 Å². The third-order valence-electron chi connectivity index (χ3n) is 7.94. The largest absolute Gasteiger partial charge is 0.331 e. The normalized spacial score (nSPS) is 23.5. The van der Waals surface area contributed by atoms with E-state index in [2.05, 4.69) is 74.2 Å². The van der Waals surface area contributed by atoms with Crippen LogP contribution in [-0.4, -0.2) is 58.7 Å². The third-order valence-corrected chi connectivity index (χ3v) is 7.94. The number of hydrogen-bond acceptors (Lipinski definition) is 4. The average Bonchev–Trinajstić information content (AvgIpc) is 3.21. The molecule has 0 radical (unpaired) electrons. The molecule has 194 valence electrons. The number of amides is 1. The summed E-state index contributed by atoms with van der Waals surface area (Å²) in [5.41, 5.74) is 10.1. The van der Waals surface area contributed by atoms with Crippen molar-refractivity contribution < 1.29 is 9.59 Å². The molecule has 2 N–H and O–H groups in total. The maximum atomic E-state index is 13.9. The first-order chi connectivity index (χ1) is 17.3. The molecule has 0 aliphatic carbocycles. The first-order valence-corrected chi connectivity index (χ1v) is 13.8. The van der Waals surface area contributed by atoms with Crippen LogP contribution in [0.5, 0.6) is 0 Å². The predicted molar refractivity (Wildman–Crippen MR) is 146 cm³/mol. The maximum Gasteiger partial charge on any atom is 0.240 e. The molecule has 1 amide bonds. The van der Waals surface area contributed by atoms with Gasteiger partial charge in [0, 0.05) is 31.6 Å². The van der Waals surface area contributed by atoms with Crippen LogP contribution in [0.4, 0.5) is 0 Å². The maximum absolute atomic E-state index is 13.9. The average molecular weight is 490 g/mol. The van der Waals surface area contributed by atoms with Crippen molar-refractivity contribution in [1.82, 2.24) is 9.80 Å². The standard InChI is InChI=1S/C31H43N3O2/c1-22(2)19-28(30(35)16-14-25-11-9-23(3)10-12-25)33-18-17-27(15-13-24-7-5-4-6-8-24)34-21-26(32)20-29(34)31(33)36/h4-12,22,26-29H,13-21,32H2,1-3H3/t26-,27?,28-,29+/m1/s1. The van der Waals surface area contributed by atoms with Crippen molar-refractivity contribution in [2.75, 3.05) is 13.1 Å². The van der Waals surface area contributed by atoms with Crippen LogP contribution in [0.3, 0.4) is 0 Å². The highest BCUT2D eigenvalue weighted by Gasteiger charge is 2.45. The number of hydrogen-bond donors (Lipinski definition) is 1. The smallest absolute Gasteiger partial charge is 0.240 e. The molecular formula is C31H43N3O2. The molecule has 4 atom stereocenters. The number of Topliss-reactive ketones (excluding diaryl/α,β-unsaturated/α-hetero) is 1. The summed E-state index contributed by atoms with van der Waals surface area (Å²) >= 11 is 0. The zero-order valence-corrected chi connectivity index (χ0v) is 22.2. The van der Waals surface area contributed by atoms with Crippen LogP contribution in [0, 0.1) is 12.8 Å². The summed E-state index contributed by atoms with van der Waals surface area (Å²) in [6.45, 7) is 7.77. The molecule has 5 nitrogen and oxygen atoms in total. The minimum absolute atomic E-state index is 0.0129. The van der Waals surface area contributed by atoms with Crippen molar-refractivity contribution >= 4 is 11.7 Å². The van der Waals surface area contributed by atoms with Crippen molar-refractivity contribution in [2.45, 2.75) is 89.9 Å². The number of nitrogens with two attached hydrogens (primary N) is 1. The van der Waals surface area contributed by atoms with Crippen LogP contribution in [0.25, 0.3) is 0 Å². The Morgan fingerprint density at radius 2 is 1.72 bits per heavy atom. The SMILES string of the molecule is Cc1ccc(CCC(=O)[C@@H](CC(C)C)N2CCC(CCc3ccccc3)N3C[C@H](N)C[C@H]3C2=O)cc1. The minimum atomic E-state index is -0.352. The molecule has 4 rings (SSSR count). The van der Waals surface area contributed by atoms with Gasteiger partial charge in [0.15, 0.2) is 5.78 Å². The van der Waals surface area contributed by atoms with Gasteiger partial charge >= 0.3 is 0 Å².